The molecule has 2 amide bonds. The number of thioether (sulfide) groups is 1. The zero-order valence-corrected chi connectivity index (χ0v) is 15.1. The third-order valence-electron chi connectivity index (χ3n) is 4.40. The molecule has 1 unspecified atom stereocenters. The van der Waals surface area contributed by atoms with Crippen LogP contribution in [0.15, 0.2) is 23.1 Å². The maximum absolute atomic E-state index is 12.5. The number of ether oxygens (including phenoxy) is 1. The predicted octanol–water partition coefficient (Wildman–Crippen LogP) is 2.68. The van der Waals surface area contributed by atoms with Crippen molar-refractivity contribution in [3.05, 3.63) is 23.8 Å². The lowest BCUT2D eigenvalue weighted by Crippen LogP contribution is -2.40. The minimum absolute atomic E-state index is 0.0901. The molecule has 2 heterocycles. The van der Waals surface area contributed by atoms with Gasteiger partial charge in [0, 0.05) is 18.0 Å². The number of benzene rings is 1. The van der Waals surface area contributed by atoms with Gasteiger partial charge in [-0.15, -0.1) is 11.8 Å². The summed E-state index contributed by atoms with van der Waals surface area (Å²) in [6.45, 7) is 3.06. The maximum atomic E-state index is 12.5. The van der Waals surface area contributed by atoms with Crippen LogP contribution in [0.1, 0.15) is 43.0 Å². The van der Waals surface area contributed by atoms with Gasteiger partial charge in [-0.1, -0.05) is 12.8 Å². The molecule has 6 nitrogen and oxygen atoms in total. The van der Waals surface area contributed by atoms with E-state index in [0.29, 0.717) is 17.0 Å². The molecular weight excluding hydrogens is 340 g/mol. The highest BCUT2D eigenvalue weighted by Gasteiger charge is 2.25. The van der Waals surface area contributed by atoms with Crippen LogP contribution in [0.5, 0.6) is 0 Å². The molecule has 3 rings (SSSR count). The Kier molecular flexibility index (Phi) is 5.63. The molecule has 0 saturated carbocycles. The van der Waals surface area contributed by atoms with E-state index in [1.165, 1.54) is 11.8 Å². The lowest BCUT2D eigenvalue weighted by Gasteiger charge is -2.24. The molecular formula is C18H22N2O4S. The number of nitrogens with zero attached hydrogens (tertiary/aromatic N) is 1. The Labute approximate surface area is 151 Å². The first kappa shape index (κ1) is 17.8. The fraction of sp³-hybridized carbons (Fsp3) is 0.500. The highest BCUT2D eigenvalue weighted by molar-refractivity contribution is 8.00. The van der Waals surface area contributed by atoms with Crippen molar-refractivity contribution in [2.75, 3.05) is 24.2 Å². The summed E-state index contributed by atoms with van der Waals surface area (Å²) in [5.41, 5.74) is 0.944. The molecule has 2 aliphatic heterocycles. The highest BCUT2D eigenvalue weighted by Crippen LogP contribution is 2.32. The van der Waals surface area contributed by atoms with Crippen LogP contribution in [0.25, 0.3) is 0 Å². The van der Waals surface area contributed by atoms with Crippen molar-refractivity contribution in [3.63, 3.8) is 0 Å². The molecule has 1 atom stereocenters. The number of amides is 2. The third-order valence-corrected chi connectivity index (χ3v) is 5.47. The number of anilines is 1. The smallest absolute Gasteiger partial charge is 0.338 e. The van der Waals surface area contributed by atoms with Crippen molar-refractivity contribution in [3.8, 4) is 0 Å². The summed E-state index contributed by atoms with van der Waals surface area (Å²) in [4.78, 5) is 39.0. The molecule has 0 radical (unpaired) electrons. The zero-order chi connectivity index (χ0) is 17.8. The summed E-state index contributed by atoms with van der Waals surface area (Å²) in [6, 6.07) is 5.05. The molecule has 1 N–H and O–H groups in total. The van der Waals surface area contributed by atoms with Crippen LogP contribution in [-0.2, 0) is 14.3 Å². The Balaban J connectivity index is 1.64. The fourth-order valence-corrected chi connectivity index (χ4v) is 3.83. The molecule has 0 bridgehead atoms. The van der Waals surface area contributed by atoms with Gasteiger partial charge in [0.05, 0.1) is 17.0 Å². The van der Waals surface area contributed by atoms with Crippen molar-refractivity contribution < 1.29 is 19.1 Å². The van der Waals surface area contributed by atoms with E-state index in [2.05, 4.69) is 5.32 Å². The molecule has 7 heteroatoms. The monoisotopic (exact) mass is 362 g/mol. The first-order valence-corrected chi connectivity index (χ1v) is 9.59. The van der Waals surface area contributed by atoms with Gasteiger partial charge in [0.2, 0.25) is 5.91 Å². The number of fused-ring (bicyclic) bond motifs is 1. The molecule has 1 saturated heterocycles. The van der Waals surface area contributed by atoms with Crippen molar-refractivity contribution >= 4 is 35.2 Å². The van der Waals surface area contributed by atoms with E-state index in [1.54, 1.807) is 30.0 Å². The average Bonchev–Trinajstić information content (AvgIpc) is 2.89. The second-order valence-corrected chi connectivity index (χ2v) is 7.35. The van der Waals surface area contributed by atoms with Crippen LogP contribution in [-0.4, -0.2) is 47.6 Å². The molecule has 1 aromatic carbocycles. The Bertz CT molecular complexity index is 684. The summed E-state index contributed by atoms with van der Waals surface area (Å²) >= 11 is 1.43. The number of hydrogen-bond donors (Lipinski definition) is 1. The Morgan fingerprint density at radius 1 is 1.20 bits per heavy atom. The van der Waals surface area contributed by atoms with Crippen molar-refractivity contribution in [1.82, 2.24) is 4.90 Å². The standard InChI is InChI=1S/C18H22N2O4S/c1-12(17(22)20-8-4-2-3-5-9-20)24-18(23)13-6-7-15-14(10-13)19-16(21)11-25-15/h6-7,10,12H,2-5,8-9,11H2,1H3,(H,19,21). The van der Waals surface area contributed by atoms with Crippen LogP contribution >= 0.6 is 11.8 Å². The van der Waals surface area contributed by atoms with Crippen molar-refractivity contribution in [2.24, 2.45) is 0 Å². The van der Waals surface area contributed by atoms with E-state index in [4.69, 9.17) is 4.74 Å². The minimum Gasteiger partial charge on any atom is -0.449 e. The van der Waals surface area contributed by atoms with Crippen LogP contribution in [0.4, 0.5) is 5.69 Å². The van der Waals surface area contributed by atoms with Crippen LogP contribution in [0, 0.1) is 0 Å². The number of rotatable bonds is 3. The Hall–Kier alpha value is -2.02. The van der Waals surface area contributed by atoms with Gasteiger partial charge in [0.1, 0.15) is 0 Å². The highest BCUT2D eigenvalue weighted by atomic mass is 32.2. The molecule has 1 fully saturated rings. The van der Waals surface area contributed by atoms with Gasteiger partial charge >= 0.3 is 5.97 Å². The summed E-state index contributed by atoms with van der Waals surface area (Å²) in [5, 5.41) is 2.75. The quantitative estimate of drug-likeness (QED) is 0.837. The Morgan fingerprint density at radius 3 is 2.64 bits per heavy atom. The van der Waals surface area contributed by atoms with Gasteiger partial charge in [-0.2, -0.15) is 0 Å². The molecule has 134 valence electrons. The second kappa shape index (κ2) is 7.91. The van der Waals surface area contributed by atoms with Gasteiger partial charge in [0.25, 0.3) is 5.91 Å². The molecule has 2 aliphatic rings. The second-order valence-electron chi connectivity index (χ2n) is 6.33. The summed E-state index contributed by atoms with van der Waals surface area (Å²) < 4.78 is 5.36. The molecule has 0 spiro atoms. The SMILES string of the molecule is CC(OC(=O)c1ccc2c(c1)NC(=O)CS2)C(=O)N1CCCCCC1. The van der Waals surface area contributed by atoms with E-state index in [0.717, 1.165) is 43.7 Å². The lowest BCUT2D eigenvalue weighted by atomic mass is 10.2. The summed E-state index contributed by atoms with van der Waals surface area (Å²) in [6.07, 6.45) is 3.45. The number of esters is 1. The van der Waals surface area contributed by atoms with Crippen molar-refractivity contribution in [2.45, 2.75) is 43.6 Å². The van der Waals surface area contributed by atoms with Crippen molar-refractivity contribution in [1.29, 1.82) is 0 Å². The first-order valence-electron chi connectivity index (χ1n) is 8.61. The molecule has 25 heavy (non-hydrogen) atoms. The van der Waals surface area contributed by atoms with Gasteiger partial charge in [0.15, 0.2) is 6.10 Å². The Morgan fingerprint density at radius 2 is 1.92 bits per heavy atom. The van der Waals surface area contributed by atoms with E-state index in [1.807, 2.05) is 0 Å². The van der Waals surface area contributed by atoms with E-state index < -0.39 is 12.1 Å². The van der Waals surface area contributed by atoms with Gasteiger partial charge in [-0.3, -0.25) is 9.59 Å². The lowest BCUT2D eigenvalue weighted by molar-refractivity contribution is -0.139. The normalized spacial score (nSPS) is 18.6. The van der Waals surface area contributed by atoms with E-state index >= 15 is 0 Å². The molecule has 1 aromatic rings. The number of carbonyl (C=O) groups excluding carboxylic acids is 3. The number of carbonyl (C=O) groups is 3. The van der Waals surface area contributed by atoms with Crippen LogP contribution in [0.2, 0.25) is 0 Å². The zero-order valence-electron chi connectivity index (χ0n) is 14.2. The first-order chi connectivity index (χ1) is 12.0. The van der Waals surface area contributed by atoms with Gasteiger partial charge in [-0.25, -0.2) is 4.79 Å². The third kappa shape index (κ3) is 4.34. The summed E-state index contributed by atoms with van der Waals surface area (Å²) in [5.74, 6) is -0.411. The van der Waals surface area contributed by atoms with Gasteiger partial charge < -0.3 is 15.0 Å². The van der Waals surface area contributed by atoms with E-state index in [-0.39, 0.29) is 11.8 Å². The largest absolute Gasteiger partial charge is 0.449 e. The molecule has 0 aliphatic carbocycles. The topological polar surface area (TPSA) is 75.7 Å². The fourth-order valence-electron chi connectivity index (χ4n) is 3.04. The maximum Gasteiger partial charge on any atom is 0.338 e. The summed E-state index contributed by atoms with van der Waals surface area (Å²) in [7, 11) is 0. The van der Waals surface area contributed by atoms with E-state index in [9.17, 15) is 14.4 Å². The number of hydrogen-bond acceptors (Lipinski definition) is 5. The van der Waals surface area contributed by atoms with Gasteiger partial charge in [-0.05, 0) is 38.0 Å². The molecule has 0 aromatic heterocycles. The number of likely N-dealkylation sites (tertiary alicyclic amines) is 1. The number of nitrogens with one attached hydrogen (secondary N) is 1. The minimum atomic E-state index is -0.814. The van der Waals surface area contributed by atoms with Crippen LogP contribution < -0.4 is 5.32 Å². The predicted molar refractivity (Wildman–Crippen MR) is 95.7 cm³/mol. The average molecular weight is 362 g/mol. The van der Waals surface area contributed by atoms with Crippen LogP contribution in [0.3, 0.4) is 0 Å².